The quantitative estimate of drug-likeness (QED) is 0.633. The number of rotatable bonds is 7. The summed E-state index contributed by atoms with van der Waals surface area (Å²) in [6, 6.07) is 6.88. The molecule has 0 aliphatic heterocycles. The number of aryl methyl sites for hydroxylation is 2. The number of nitrogens with zero attached hydrogens (tertiary/aromatic N) is 3. The number of aromatic nitrogens is 3. The van der Waals surface area contributed by atoms with Crippen LogP contribution < -0.4 is 10.6 Å². The molecule has 0 saturated carbocycles. The van der Waals surface area contributed by atoms with E-state index in [1.807, 2.05) is 42.7 Å². The molecule has 0 radical (unpaired) electrons. The summed E-state index contributed by atoms with van der Waals surface area (Å²) in [5.41, 5.74) is 1.50. The first-order chi connectivity index (χ1) is 12.6. The second-order valence-electron chi connectivity index (χ2n) is 6.16. The third-order valence-electron chi connectivity index (χ3n) is 4.03. The minimum Gasteiger partial charge on any atom is -0.461 e. The van der Waals surface area contributed by atoms with Gasteiger partial charge in [-0.15, -0.1) is 10.2 Å². The van der Waals surface area contributed by atoms with E-state index >= 15 is 0 Å². The van der Waals surface area contributed by atoms with E-state index in [2.05, 4.69) is 20.8 Å². The molecule has 0 bridgehead atoms. The fourth-order valence-corrected chi connectivity index (χ4v) is 2.83. The molecule has 1 aromatic carbocycles. The molecule has 0 aliphatic rings. The van der Waals surface area contributed by atoms with Crippen LogP contribution in [-0.4, -0.2) is 34.5 Å². The Bertz CT molecular complexity index is 886. The summed E-state index contributed by atoms with van der Waals surface area (Å²) in [5.74, 6) is 1.54. The maximum Gasteiger partial charge on any atom is 0.319 e. The predicted octanol–water partition coefficient (Wildman–Crippen LogP) is 3.25. The highest BCUT2D eigenvalue weighted by molar-refractivity contribution is 5.92. The van der Waals surface area contributed by atoms with E-state index in [1.165, 1.54) is 0 Å². The lowest BCUT2D eigenvalue weighted by atomic mass is 10.2. The highest BCUT2D eigenvalue weighted by Gasteiger charge is 2.16. The van der Waals surface area contributed by atoms with E-state index in [0.29, 0.717) is 18.1 Å². The third-order valence-corrected chi connectivity index (χ3v) is 4.03. The van der Waals surface area contributed by atoms with Crippen LogP contribution in [0.3, 0.4) is 0 Å². The fraction of sp³-hybridized carbons (Fsp3) is 0.389. The smallest absolute Gasteiger partial charge is 0.319 e. The average Bonchev–Trinajstić information content (AvgIpc) is 3.20. The number of carbonyl (C=O) groups excluding carboxylic acids is 1. The van der Waals surface area contributed by atoms with E-state index in [1.54, 1.807) is 13.4 Å². The molecule has 0 fully saturated rings. The van der Waals surface area contributed by atoms with Crippen LogP contribution in [0.2, 0.25) is 0 Å². The van der Waals surface area contributed by atoms with E-state index in [4.69, 9.17) is 9.15 Å². The van der Waals surface area contributed by atoms with Crippen molar-refractivity contribution < 1.29 is 13.9 Å². The summed E-state index contributed by atoms with van der Waals surface area (Å²) in [6.07, 6.45) is 2.51. The summed E-state index contributed by atoms with van der Waals surface area (Å²) >= 11 is 0. The Balaban J connectivity index is 1.61. The zero-order valence-electron chi connectivity index (χ0n) is 15.2. The first-order valence-corrected chi connectivity index (χ1v) is 8.51. The van der Waals surface area contributed by atoms with Crippen molar-refractivity contribution in [2.24, 2.45) is 0 Å². The molecule has 0 saturated heterocycles. The number of hydrogen-bond donors (Lipinski definition) is 2. The summed E-state index contributed by atoms with van der Waals surface area (Å²) in [7, 11) is 1.67. The van der Waals surface area contributed by atoms with Gasteiger partial charge >= 0.3 is 6.03 Å². The average molecular weight is 357 g/mol. The number of nitrogens with one attached hydrogen (secondary N) is 2. The number of urea groups is 1. The molecule has 0 aliphatic carbocycles. The number of ether oxygens (including phenoxy) is 1. The topological polar surface area (TPSA) is 94.2 Å². The van der Waals surface area contributed by atoms with E-state index in [-0.39, 0.29) is 12.1 Å². The van der Waals surface area contributed by atoms with Gasteiger partial charge in [-0.2, -0.15) is 0 Å². The van der Waals surface area contributed by atoms with Gasteiger partial charge in [0.1, 0.15) is 17.7 Å². The van der Waals surface area contributed by atoms with Crippen LogP contribution in [-0.2, 0) is 11.3 Å². The van der Waals surface area contributed by atoms with Gasteiger partial charge in [0, 0.05) is 31.3 Å². The number of anilines is 1. The number of hydrogen-bond acceptors (Lipinski definition) is 5. The van der Waals surface area contributed by atoms with Gasteiger partial charge in [0.2, 0.25) is 0 Å². The molecule has 0 spiro atoms. The molecule has 3 rings (SSSR count). The van der Waals surface area contributed by atoms with Crippen LogP contribution in [0.15, 0.2) is 35.0 Å². The summed E-state index contributed by atoms with van der Waals surface area (Å²) in [4.78, 5) is 12.3. The number of amides is 2. The van der Waals surface area contributed by atoms with Crippen molar-refractivity contribution in [1.29, 1.82) is 0 Å². The van der Waals surface area contributed by atoms with Crippen LogP contribution >= 0.6 is 0 Å². The Morgan fingerprint density at radius 3 is 3.04 bits per heavy atom. The third kappa shape index (κ3) is 4.20. The zero-order valence-corrected chi connectivity index (χ0v) is 15.2. The van der Waals surface area contributed by atoms with Crippen LogP contribution in [0.5, 0.6) is 0 Å². The predicted molar refractivity (Wildman–Crippen MR) is 98.0 cm³/mol. The molecule has 138 valence electrons. The number of furan rings is 1. The number of benzene rings is 1. The molecule has 8 heteroatoms. The Hall–Kier alpha value is -2.87. The van der Waals surface area contributed by atoms with Gasteiger partial charge in [0.15, 0.2) is 5.82 Å². The van der Waals surface area contributed by atoms with Gasteiger partial charge in [-0.1, -0.05) is 0 Å². The standard InChI is InChI=1S/C18H23N5O3/c1-12-9-14-10-15(5-6-16(14)26-12)21-18(24)20-13(2)17-22-19-11-23(17)7-4-8-25-3/h5-6,9-11,13H,4,7-8H2,1-3H3,(H2,20,21,24)/t13-/m1/s1. The SMILES string of the molecule is COCCCn1cnnc1[C@@H](C)NC(=O)Nc1ccc2oc(C)cc2c1. The van der Waals surface area contributed by atoms with Gasteiger partial charge in [-0.3, -0.25) is 0 Å². The van der Waals surface area contributed by atoms with E-state index < -0.39 is 0 Å². The van der Waals surface area contributed by atoms with Crippen LogP contribution in [0, 0.1) is 6.92 Å². The lowest BCUT2D eigenvalue weighted by Gasteiger charge is -2.15. The van der Waals surface area contributed by atoms with Crippen molar-refractivity contribution in [3.63, 3.8) is 0 Å². The van der Waals surface area contributed by atoms with Gasteiger partial charge in [-0.25, -0.2) is 4.79 Å². The molecule has 2 N–H and O–H groups in total. The molecule has 26 heavy (non-hydrogen) atoms. The first-order valence-electron chi connectivity index (χ1n) is 8.51. The Kier molecular flexibility index (Phi) is 5.52. The summed E-state index contributed by atoms with van der Waals surface area (Å²) in [5, 5.41) is 14.7. The van der Waals surface area contributed by atoms with Crippen LogP contribution in [0.25, 0.3) is 11.0 Å². The maximum atomic E-state index is 12.3. The minimum absolute atomic E-state index is 0.278. The highest BCUT2D eigenvalue weighted by atomic mass is 16.5. The van der Waals surface area contributed by atoms with E-state index in [9.17, 15) is 4.79 Å². The minimum atomic E-state index is -0.302. The first kappa shape index (κ1) is 17.9. The maximum absolute atomic E-state index is 12.3. The van der Waals surface area contributed by atoms with Gasteiger partial charge in [0.05, 0.1) is 6.04 Å². The number of methoxy groups -OCH3 is 1. The Morgan fingerprint density at radius 2 is 2.23 bits per heavy atom. The van der Waals surface area contributed by atoms with Crippen molar-refractivity contribution in [1.82, 2.24) is 20.1 Å². The molecule has 8 nitrogen and oxygen atoms in total. The van der Waals surface area contributed by atoms with E-state index in [0.717, 1.165) is 29.7 Å². The normalized spacial score (nSPS) is 12.3. The van der Waals surface area contributed by atoms with Gasteiger partial charge < -0.3 is 24.4 Å². The molecule has 1 atom stereocenters. The largest absolute Gasteiger partial charge is 0.461 e. The fourth-order valence-electron chi connectivity index (χ4n) is 2.83. The second kappa shape index (κ2) is 8.01. The molecule has 3 aromatic rings. The Labute approximate surface area is 151 Å². The molecule has 0 unspecified atom stereocenters. The monoisotopic (exact) mass is 357 g/mol. The van der Waals surface area contributed by atoms with Gasteiger partial charge in [0.25, 0.3) is 0 Å². The van der Waals surface area contributed by atoms with Crippen LogP contribution in [0.1, 0.15) is 31.0 Å². The number of carbonyl (C=O) groups is 1. The molecular formula is C18H23N5O3. The highest BCUT2D eigenvalue weighted by Crippen LogP contribution is 2.22. The molecular weight excluding hydrogens is 334 g/mol. The van der Waals surface area contributed by atoms with Gasteiger partial charge in [-0.05, 0) is 44.5 Å². The van der Waals surface area contributed by atoms with Crippen molar-refractivity contribution >= 4 is 22.7 Å². The molecule has 2 amide bonds. The Morgan fingerprint density at radius 1 is 1.38 bits per heavy atom. The molecule has 2 aromatic heterocycles. The van der Waals surface area contributed by atoms with Crippen LogP contribution in [0.4, 0.5) is 10.5 Å². The number of fused-ring (bicyclic) bond motifs is 1. The van der Waals surface area contributed by atoms with Crippen molar-refractivity contribution in [2.75, 3.05) is 19.0 Å². The van der Waals surface area contributed by atoms with Crippen molar-refractivity contribution in [3.05, 3.63) is 42.2 Å². The van der Waals surface area contributed by atoms with Crippen molar-refractivity contribution in [3.8, 4) is 0 Å². The van der Waals surface area contributed by atoms with Crippen molar-refractivity contribution in [2.45, 2.75) is 32.9 Å². The lowest BCUT2D eigenvalue weighted by Crippen LogP contribution is -2.32. The zero-order chi connectivity index (χ0) is 18.5. The lowest BCUT2D eigenvalue weighted by molar-refractivity contribution is 0.189. The summed E-state index contributed by atoms with van der Waals surface area (Å²) in [6.45, 7) is 5.17. The molecule has 2 heterocycles. The second-order valence-corrected chi connectivity index (χ2v) is 6.16. The summed E-state index contributed by atoms with van der Waals surface area (Å²) < 4.78 is 12.5.